The number of rotatable bonds is 10. The van der Waals surface area contributed by atoms with Gasteiger partial charge >= 0.3 is 0 Å². The highest BCUT2D eigenvalue weighted by atomic mass is 16.5. The molecule has 0 saturated heterocycles. The number of hydrogen-bond acceptors (Lipinski definition) is 6. The lowest BCUT2D eigenvalue weighted by molar-refractivity contribution is -0.129. The first-order valence-electron chi connectivity index (χ1n) is 8.94. The van der Waals surface area contributed by atoms with Gasteiger partial charge in [0.05, 0.1) is 12.6 Å². The Morgan fingerprint density at radius 3 is 2.11 bits per heavy atom. The maximum absolute atomic E-state index is 11.7. The number of nitrogens with one attached hydrogen (secondary N) is 2. The smallest absolute Gasteiger partial charge is 0.243 e. The van der Waals surface area contributed by atoms with Crippen LogP contribution in [0, 0.1) is 0 Å². The van der Waals surface area contributed by atoms with Gasteiger partial charge in [0.15, 0.2) is 0 Å². The topological polar surface area (TPSA) is 134 Å². The van der Waals surface area contributed by atoms with Crippen molar-refractivity contribution in [1.29, 1.82) is 0 Å². The monoisotopic (exact) mass is 387 g/mol. The maximum Gasteiger partial charge on any atom is 0.243 e. The number of nitrogens with two attached hydrogens (primary N) is 1. The van der Waals surface area contributed by atoms with Crippen molar-refractivity contribution in [1.82, 2.24) is 10.8 Å². The number of aliphatic hydroxyl groups excluding tert-OH is 1. The lowest BCUT2D eigenvalue weighted by Crippen LogP contribution is -2.42. The fourth-order valence-electron chi connectivity index (χ4n) is 2.52. The van der Waals surface area contributed by atoms with E-state index in [0.717, 1.165) is 11.1 Å². The zero-order valence-corrected chi connectivity index (χ0v) is 15.4. The zero-order chi connectivity index (χ0) is 20.4. The Bertz CT molecular complexity index is 762. The van der Waals surface area contributed by atoms with Gasteiger partial charge in [0, 0.05) is 13.0 Å². The minimum atomic E-state index is -0.682. The Morgan fingerprint density at radius 1 is 1.00 bits per heavy atom. The molecule has 8 heteroatoms. The molecule has 8 nitrogen and oxygen atoms in total. The second kappa shape index (κ2) is 11.0. The van der Waals surface area contributed by atoms with E-state index in [1.54, 1.807) is 17.6 Å². The van der Waals surface area contributed by atoms with E-state index < -0.39 is 11.9 Å². The minimum Gasteiger partial charge on any atom is -0.457 e. The number of benzene rings is 2. The van der Waals surface area contributed by atoms with Crippen LogP contribution in [0.5, 0.6) is 11.5 Å². The molecule has 0 aliphatic heterocycles. The molecule has 0 radical (unpaired) electrons. The summed E-state index contributed by atoms with van der Waals surface area (Å²) in [5, 5.41) is 19.8. The molecule has 0 heterocycles. The normalized spacial score (nSPS) is 11.5. The average Bonchev–Trinajstić information content (AvgIpc) is 2.72. The molecule has 0 aliphatic rings. The first-order chi connectivity index (χ1) is 13.5. The van der Waals surface area contributed by atoms with Gasteiger partial charge in [0.1, 0.15) is 11.5 Å². The van der Waals surface area contributed by atoms with Crippen LogP contribution in [-0.2, 0) is 22.4 Å². The summed E-state index contributed by atoms with van der Waals surface area (Å²) in [6.07, 6.45) is 1.11. The molecule has 6 N–H and O–H groups in total. The molecule has 1 atom stereocenters. The summed E-state index contributed by atoms with van der Waals surface area (Å²) in [5.41, 5.74) is 9.32. The third kappa shape index (κ3) is 6.99. The van der Waals surface area contributed by atoms with Crippen LogP contribution in [0.1, 0.15) is 17.5 Å². The molecular weight excluding hydrogens is 362 g/mol. The van der Waals surface area contributed by atoms with E-state index in [9.17, 15) is 9.59 Å². The van der Waals surface area contributed by atoms with Crippen LogP contribution >= 0.6 is 0 Å². The number of aryl methyl sites for hydroxylation is 1. The van der Waals surface area contributed by atoms with Crippen LogP contribution in [0.2, 0.25) is 0 Å². The van der Waals surface area contributed by atoms with Gasteiger partial charge in [-0.15, -0.1) is 0 Å². The van der Waals surface area contributed by atoms with Gasteiger partial charge in [-0.05, 0) is 48.2 Å². The number of hydrogen-bond donors (Lipinski definition) is 5. The lowest BCUT2D eigenvalue weighted by atomic mass is 10.1. The molecule has 2 aromatic rings. The van der Waals surface area contributed by atoms with Gasteiger partial charge in [-0.25, -0.2) is 5.48 Å². The highest BCUT2D eigenvalue weighted by Gasteiger charge is 2.13. The summed E-state index contributed by atoms with van der Waals surface area (Å²) in [7, 11) is 0. The molecule has 0 aliphatic carbocycles. The quantitative estimate of drug-likeness (QED) is 0.304. The SMILES string of the molecule is NC(Cc1ccc(Oc2ccc(CCC(=O)NO)cc2)cc1)C(=O)NCCO. The number of hydroxylamine groups is 1. The molecule has 0 saturated carbocycles. The second-order valence-corrected chi connectivity index (χ2v) is 6.25. The van der Waals surface area contributed by atoms with Crippen molar-refractivity contribution in [3.63, 3.8) is 0 Å². The maximum atomic E-state index is 11.7. The Kier molecular flexibility index (Phi) is 8.41. The average molecular weight is 387 g/mol. The standard InChI is InChI=1S/C20H25N3O5/c21-18(20(26)22-11-12-24)13-15-3-8-17(9-4-15)28-16-6-1-14(2-7-16)5-10-19(25)23-27/h1-4,6-9,18,24,27H,5,10-13,21H2,(H,22,26)(H,23,25). The summed E-state index contributed by atoms with van der Waals surface area (Å²) in [5.74, 6) is 0.578. The fourth-order valence-corrected chi connectivity index (χ4v) is 2.52. The van der Waals surface area contributed by atoms with Crippen LogP contribution in [0.25, 0.3) is 0 Å². The summed E-state index contributed by atoms with van der Waals surface area (Å²) in [6.45, 7) is 0.0657. The molecule has 0 aromatic heterocycles. The van der Waals surface area contributed by atoms with Gasteiger partial charge < -0.3 is 20.9 Å². The van der Waals surface area contributed by atoms with E-state index in [1.165, 1.54) is 0 Å². The minimum absolute atomic E-state index is 0.122. The highest BCUT2D eigenvalue weighted by Crippen LogP contribution is 2.22. The molecule has 28 heavy (non-hydrogen) atoms. The number of carbonyl (C=O) groups is 2. The molecule has 2 rings (SSSR count). The number of ether oxygens (including phenoxy) is 1. The first kappa shape index (κ1) is 21.4. The Morgan fingerprint density at radius 2 is 1.57 bits per heavy atom. The van der Waals surface area contributed by atoms with E-state index in [0.29, 0.717) is 24.3 Å². The molecule has 2 amide bonds. The van der Waals surface area contributed by atoms with Crippen LogP contribution in [0.3, 0.4) is 0 Å². The number of amides is 2. The number of carbonyl (C=O) groups excluding carboxylic acids is 2. The van der Waals surface area contributed by atoms with Crippen molar-refractivity contribution in [2.45, 2.75) is 25.3 Å². The van der Waals surface area contributed by atoms with Crippen molar-refractivity contribution in [2.75, 3.05) is 13.2 Å². The zero-order valence-electron chi connectivity index (χ0n) is 15.4. The van der Waals surface area contributed by atoms with Crippen molar-refractivity contribution in [2.24, 2.45) is 5.73 Å². The molecule has 150 valence electrons. The van der Waals surface area contributed by atoms with E-state index in [1.807, 2.05) is 36.4 Å². The Labute approximate surface area is 163 Å². The highest BCUT2D eigenvalue weighted by molar-refractivity contribution is 5.81. The van der Waals surface area contributed by atoms with E-state index in [4.69, 9.17) is 20.8 Å². The van der Waals surface area contributed by atoms with Crippen molar-refractivity contribution >= 4 is 11.8 Å². The molecular formula is C20H25N3O5. The van der Waals surface area contributed by atoms with Crippen molar-refractivity contribution < 1.29 is 24.6 Å². The number of aliphatic hydroxyl groups is 1. The fraction of sp³-hybridized carbons (Fsp3) is 0.300. The summed E-state index contributed by atoms with van der Waals surface area (Å²) in [6, 6.07) is 13.9. The predicted molar refractivity (Wildman–Crippen MR) is 103 cm³/mol. The molecule has 0 spiro atoms. The molecule has 2 aromatic carbocycles. The third-order valence-corrected chi connectivity index (χ3v) is 4.05. The van der Waals surface area contributed by atoms with Gasteiger partial charge in [-0.2, -0.15) is 0 Å². The third-order valence-electron chi connectivity index (χ3n) is 4.05. The van der Waals surface area contributed by atoms with Gasteiger partial charge in [0.2, 0.25) is 11.8 Å². The molecule has 0 bridgehead atoms. The lowest BCUT2D eigenvalue weighted by Gasteiger charge is -2.12. The van der Waals surface area contributed by atoms with E-state index >= 15 is 0 Å². The van der Waals surface area contributed by atoms with E-state index in [2.05, 4.69) is 5.32 Å². The summed E-state index contributed by atoms with van der Waals surface area (Å²) in [4.78, 5) is 22.8. The first-order valence-corrected chi connectivity index (χ1v) is 8.94. The van der Waals surface area contributed by atoms with E-state index in [-0.39, 0.29) is 25.5 Å². The Hall–Kier alpha value is -2.94. The molecule has 1 unspecified atom stereocenters. The Balaban J connectivity index is 1.86. The van der Waals surface area contributed by atoms with Crippen LogP contribution < -0.4 is 21.3 Å². The van der Waals surface area contributed by atoms with Crippen LogP contribution in [0.15, 0.2) is 48.5 Å². The van der Waals surface area contributed by atoms with Crippen molar-refractivity contribution in [3.8, 4) is 11.5 Å². The predicted octanol–water partition coefficient (Wildman–Crippen LogP) is 0.895. The van der Waals surface area contributed by atoms with Crippen LogP contribution in [-0.4, -0.2) is 41.3 Å². The molecule has 0 fully saturated rings. The van der Waals surface area contributed by atoms with Gasteiger partial charge in [-0.3, -0.25) is 14.8 Å². The summed E-state index contributed by atoms with van der Waals surface area (Å²) >= 11 is 0. The summed E-state index contributed by atoms with van der Waals surface area (Å²) < 4.78 is 5.78. The van der Waals surface area contributed by atoms with Gasteiger partial charge in [-0.1, -0.05) is 24.3 Å². The van der Waals surface area contributed by atoms with Crippen molar-refractivity contribution in [3.05, 3.63) is 59.7 Å². The largest absolute Gasteiger partial charge is 0.457 e. The second-order valence-electron chi connectivity index (χ2n) is 6.25. The van der Waals surface area contributed by atoms with Gasteiger partial charge in [0.25, 0.3) is 0 Å². The van der Waals surface area contributed by atoms with Crippen LogP contribution in [0.4, 0.5) is 0 Å².